The van der Waals surface area contributed by atoms with Crippen LogP contribution in [0, 0.1) is 5.82 Å². The van der Waals surface area contributed by atoms with Crippen LogP contribution in [0.5, 0.6) is 0 Å². The Bertz CT molecular complexity index is 709. The topological polar surface area (TPSA) is 36.1 Å². The lowest BCUT2D eigenvalue weighted by atomic mass is 9.89. The van der Waals surface area contributed by atoms with E-state index in [4.69, 9.17) is 0 Å². The minimum Gasteiger partial charge on any atom is -0.356 e. The highest BCUT2D eigenvalue weighted by atomic mass is 19.1. The lowest BCUT2D eigenvalue weighted by Crippen LogP contribution is -2.43. The van der Waals surface area contributed by atoms with Crippen LogP contribution >= 0.6 is 0 Å². The van der Waals surface area contributed by atoms with E-state index in [1.165, 1.54) is 6.07 Å². The molecule has 20 heavy (non-hydrogen) atoms. The molecule has 1 saturated heterocycles. The Kier molecular flexibility index (Phi) is 2.40. The van der Waals surface area contributed by atoms with E-state index in [9.17, 15) is 13.6 Å². The molecule has 104 valence electrons. The molecule has 2 unspecified atom stereocenters. The van der Waals surface area contributed by atoms with Crippen molar-refractivity contribution in [1.29, 1.82) is 0 Å². The molecular formula is C15H14F2N2O. The molecule has 5 heteroatoms. The highest BCUT2D eigenvalue weighted by molar-refractivity contribution is 5.87. The normalized spacial score (nSPS) is 25.7. The fourth-order valence-electron chi connectivity index (χ4n) is 3.55. The number of halogens is 2. The molecule has 1 amide bonds. The van der Waals surface area contributed by atoms with E-state index in [-0.39, 0.29) is 18.5 Å². The fraction of sp³-hybridized carbons (Fsp3) is 0.400. The molecule has 0 aliphatic carbocycles. The predicted octanol–water partition coefficient (Wildman–Crippen LogP) is 3.38. The van der Waals surface area contributed by atoms with Crippen LogP contribution in [0.15, 0.2) is 18.2 Å². The zero-order chi connectivity index (χ0) is 13.9. The molecule has 0 radical (unpaired) electrons. The Hall–Kier alpha value is -1.91. The molecule has 1 fully saturated rings. The molecule has 3 nitrogen and oxygen atoms in total. The number of nitrogens with zero attached hydrogens (tertiary/aromatic N) is 1. The number of rotatable bonds is 0. The summed E-state index contributed by atoms with van der Waals surface area (Å²) >= 11 is 0. The van der Waals surface area contributed by atoms with Crippen LogP contribution in [0.3, 0.4) is 0 Å². The summed E-state index contributed by atoms with van der Waals surface area (Å²) in [5.41, 5.74) is 1.70. The highest BCUT2D eigenvalue weighted by Gasteiger charge is 2.40. The summed E-state index contributed by atoms with van der Waals surface area (Å²) in [5.74, 6) is -0.410. The number of alkyl halides is 1. The summed E-state index contributed by atoms with van der Waals surface area (Å²) in [6.45, 7) is 0.0395. The van der Waals surface area contributed by atoms with E-state index in [0.29, 0.717) is 28.6 Å². The smallest absolute Gasteiger partial charge is 0.223 e. The maximum atomic E-state index is 14.5. The van der Waals surface area contributed by atoms with Gasteiger partial charge in [-0.15, -0.1) is 0 Å². The molecular weight excluding hydrogens is 262 g/mol. The lowest BCUT2D eigenvalue weighted by Gasteiger charge is -2.40. The molecule has 0 bridgehead atoms. The van der Waals surface area contributed by atoms with Crippen molar-refractivity contribution < 1.29 is 13.6 Å². The standard InChI is InChI=1S/C15H14F2N2O/c16-8-3-1-4-10-13(8)14-9(17)7-19-11(15(14)18-10)5-2-6-12(19)20/h1,3-4,9,11,18H,2,5-7H2. The van der Waals surface area contributed by atoms with Crippen LogP contribution in [0.2, 0.25) is 0 Å². The summed E-state index contributed by atoms with van der Waals surface area (Å²) in [6.07, 6.45) is 0.760. The number of benzene rings is 1. The second-order valence-electron chi connectivity index (χ2n) is 5.54. The average Bonchev–Trinajstić information content (AvgIpc) is 2.82. The third-order valence-corrected chi connectivity index (χ3v) is 4.41. The van der Waals surface area contributed by atoms with Crippen LogP contribution in [0.25, 0.3) is 10.9 Å². The number of hydrogen-bond acceptors (Lipinski definition) is 1. The first-order valence-corrected chi connectivity index (χ1v) is 6.90. The minimum atomic E-state index is -1.33. The molecule has 1 aromatic heterocycles. The summed E-state index contributed by atoms with van der Waals surface area (Å²) in [7, 11) is 0. The molecule has 2 aliphatic heterocycles. The number of H-pyrrole nitrogens is 1. The van der Waals surface area contributed by atoms with Gasteiger partial charge in [0.25, 0.3) is 0 Å². The Morgan fingerprint density at radius 2 is 2.20 bits per heavy atom. The number of carbonyl (C=O) groups is 1. The van der Waals surface area contributed by atoms with Crippen molar-refractivity contribution in [2.24, 2.45) is 0 Å². The molecule has 2 aromatic rings. The van der Waals surface area contributed by atoms with Gasteiger partial charge in [0.15, 0.2) is 0 Å². The zero-order valence-corrected chi connectivity index (χ0v) is 10.8. The number of aromatic nitrogens is 1. The Balaban J connectivity index is 1.97. The van der Waals surface area contributed by atoms with Gasteiger partial charge in [0, 0.05) is 28.6 Å². The largest absolute Gasteiger partial charge is 0.356 e. The van der Waals surface area contributed by atoms with Gasteiger partial charge < -0.3 is 9.88 Å². The minimum absolute atomic E-state index is 0.00585. The number of nitrogens with one attached hydrogen (secondary N) is 1. The van der Waals surface area contributed by atoms with Gasteiger partial charge in [-0.25, -0.2) is 8.78 Å². The Morgan fingerprint density at radius 3 is 3.05 bits per heavy atom. The van der Waals surface area contributed by atoms with Gasteiger partial charge >= 0.3 is 0 Å². The molecule has 2 aliphatic rings. The lowest BCUT2D eigenvalue weighted by molar-refractivity contribution is -0.138. The second-order valence-corrected chi connectivity index (χ2v) is 5.54. The molecule has 4 rings (SSSR count). The number of aromatic amines is 1. The number of carbonyl (C=O) groups excluding carboxylic acids is 1. The van der Waals surface area contributed by atoms with Gasteiger partial charge in [-0.3, -0.25) is 4.79 Å². The monoisotopic (exact) mass is 276 g/mol. The average molecular weight is 276 g/mol. The molecule has 1 aromatic carbocycles. The first-order chi connectivity index (χ1) is 9.66. The van der Waals surface area contributed by atoms with Gasteiger partial charge in [0.2, 0.25) is 5.91 Å². The molecule has 2 atom stereocenters. The van der Waals surface area contributed by atoms with E-state index in [1.54, 1.807) is 17.0 Å². The van der Waals surface area contributed by atoms with Gasteiger partial charge in [0.05, 0.1) is 12.6 Å². The van der Waals surface area contributed by atoms with Crippen LogP contribution in [0.4, 0.5) is 8.78 Å². The Morgan fingerprint density at radius 1 is 1.35 bits per heavy atom. The van der Waals surface area contributed by atoms with Crippen molar-refractivity contribution in [1.82, 2.24) is 9.88 Å². The van der Waals surface area contributed by atoms with E-state index >= 15 is 0 Å². The van der Waals surface area contributed by atoms with E-state index in [2.05, 4.69) is 4.98 Å². The van der Waals surface area contributed by atoms with Gasteiger partial charge in [0.1, 0.15) is 12.0 Å². The van der Waals surface area contributed by atoms with Crippen LogP contribution in [0.1, 0.15) is 42.7 Å². The summed E-state index contributed by atoms with van der Waals surface area (Å²) < 4.78 is 28.5. The summed E-state index contributed by atoms with van der Waals surface area (Å²) in [5, 5.41) is 0.340. The van der Waals surface area contributed by atoms with Gasteiger partial charge in [-0.05, 0) is 25.0 Å². The number of amides is 1. The fourth-order valence-corrected chi connectivity index (χ4v) is 3.55. The van der Waals surface area contributed by atoms with Crippen molar-refractivity contribution in [2.45, 2.75) is 31.5 Å². The van der Waals surface area contributed by atoms with Crippen LogP contribution < -0.4 is 0 Å². The molecule has 1 N–H and O–H groups in total. The van der Waals surface area contributed by atoms with E-state index < -0.39 is 12.0 Å². The van der Waals surface area contributed by atoms with Crippen molar-refractivity contribution in [3.8, 4) is 0 Å². The summed E-state index contributed by atoms with van der Waals surface area (Å²) in [4.78, 5) is 16.7. The van der Waals surface area contributed by atoms with Crippen molar-refractivity contribution in [2.75, 3.05) is 6.54 Å². The predicted molar refractivity (Wildman–Crippen MR) is 70.4 cm³/mol. The second kappa shape index (κ2) is 4.04. The first-order valence-electron chi connectivity index (χ1n) is 6.90. The zero-order valence-electron chi connectivity index (χ0n) is 10.8. The SMILES string of the molecule is O=C1CCCC2c3[nH]c4cccc(F)c4c3C(F)CN12. The van der Waals surface area contributed by atoms with Crippen molar-refractivity contribution in [3.63, 3.8) is 0 Å². The van der Waals surface area contributed by atoms with E-state index in [1.807, 2.05) is 0 Å². The Labute approximate surface area is 114 Å². The van der Waals surface area contributed by atoms with Gasteiger partial charge in [-0.1, -0.05) is 6.07 Å². The first kappa shape index (κ1) is 11.9. The maximum Gasteiger partial charge on any atom is 0.223 e. The van der Waals surface area contributed by atoms with Crippen molar-refractivity contribution in [3.05, 3.63) is 35.3 Å². The van der Waals surface area contributed by atoms with Gasteiger partial charge in [-0.2, -0.15) is 0 Å². The molecule has 3 heterocycles. The van der Waals surface area contributed by atoms with E-state index in [0.717, 1.165) is 12.8 Å². The third-order valence-electron chi connectivity index (χ3n) is 4.41. The third kappa shape index (κ3) is 1.46. The maximum absolute atomic E-state index is 14.5. The quantitative estimate of drug-likeness (QED) is 0.786. The molecule has 0 saturated carbocycles. The number of hydrogen-bond donors (Lipinski definition) is 1. The molecule has 0 spiro atoms. The van der Waals surface area contributed by atoms with Crippen LogP contribution in [-0.4, -0.2) is 22.3 Å². The van der Waals surface area contributed by atoms with Crippen LogP contribution in [-0.2, 0) is 4.79 Å². The highest BCUT2D eigenvalue weighted by Crippen LogP contribution is 2.45. The summed E-state index contributed by atoms with van der Waals surface area (Å²) in [6, 6.07) is 4.57. The number of piperidine rings is 1. The number of fused-ring (bicyclic) bond motifs is 5. The van der Waals surface area contributed by atoms with Crippen molar-refractivity contribution >= 4 is 16.8 Å².